The van der Waals surface area contributed by atoms with E-state index >= 15 is 0 Å². The number of nitrogens with one attached hydrogen (secondary N) is 1. The van der Waals surface area contributed by atoms with Crippen LogP contribution in [0.2, 0.25) is 0 Å². The molecule has 2 N–H and O–H groups in total. The van der Waals surface area contributed by atoms with Crippen LogP contribution in [-0.2, 0) is 14.3 Å². The number of benzene rings is 1. The number of nitro groups is 1. The van der Waals surface area contributed by atoms with Gasteiger partial charge < -0.3 is 15.2 Å². The maximum atomic E-state index is 12.4. The molecule has 10 heteroatoms. The van der Waals surface area contributed by atoms with E-state index in [4.69, 9.17) is 4.74 Å². The van der Waals surface area contributed by atoms with Gasteiger partial charge in [0.05, 0.1) is 18.0 Å². The van der Waals surface area contributed by atoms with Gasteiger partial charge in [-0.05, 0) is 24.6 Å². The molecule has 0 saturated heterocycles. The summed E-state index contributed by atoms with van der Waals surface area (Å²) in [6.45, 7) is 1.71. The maximum absolute atomic E-state index is 12.4. The highest BCUT2D eigenvalue weighted by atomic mass is 16.6. The average Bonchev–Trinajstić information content (AvgIpc) is 2.71. The third-order valence-corrected chi connectivity index (χ3v) is 4.12. The number of rotatable bonds is 9. The van der Waals surface area contributed by atoms with Crippen molar-refractivity contribution in [2.24, 2.45) is 0 Å². The normalized spacial score (nSPS) is 12.4. The number of hydrogen-bond acceptors (Lipinski definition) is 7. The number of ether oxygens (including phenoxy) is 1. The number of carbonyl (C=O) groups excluding carboxylic acids is 2. The topological polar surface area (TPSA) is 149 Å². The van der Waals surface area contributed by atoms with E-state index < -0.39 is 34.7 Å². The smallest absolute Gasteiger partial charge is 0.326 e. The monoisotopic (exact) mass is 401 g/mol. The summed E-state index contributed by atoms with van der Waals surface area (Å²) >= 11 is 0. The van der Waals surface area contributed by atoms with Crippen molar-refractivity contribution in [1.82, 2.24) is 10.3 Å². The molecule has 1 heterocycles. The molecule has 152 valence electrons. The minimum Gasteiger partial charge on any atom is -0.480 e. The molecule has 2 rings (SSSR count). The number of nitro benzene ring substituents is 1. The van der Waals surface area contributed by atoms with Gasteiger partial charge in [0.25, 0.3) is 11.6 Å². The third-order valence-electron chi connectivity index (χ3n) is 4.12. The predicted octanol–water partition coefficient (Wildman–Crippen LogP) is 1.91. The van der Waals surface area contributed by atoms with Crippen molar-refractivity contribution in [2.75, 3.05) is 6.61 Å². The van der Waals surface area contributed by atoms with Crippen molar-refractivity contribution in [3.8, 4) is 0 Å². The predicted molar refractivity (Wildman–Crippen MR) is 100 cm³/mol. The molecule has 1 aromatic heterocycles. The summed E-state index contributed by atoms with van der Waals surface area (Å²) in [5, 5.41) is 23.0. The number of aliphatic carboxylic acids is 1. The lowest BCUT2D eigenvalue weighted by Gasteiger charge is -2.24. The highest BCUT2D eigenvalue weighted by Gasteiger charge is 2.33. The van der Waals surface area contributed by atoms with Crippen molar-refractivity contribution in [3.63, 3.8) is 0 Å². The van der Waals surface area contributed by atoms with Gasteiger partial charge in [0, 0.05) is 36.0 Å². The molecular weight excluding hydrogens is 382 g/mol. The SMILES string of the molecule is CCOC(=O)C[C@H](c1ccc([N+](=O)[O-])cc1)[C@@H](NC(=O)c1ccncc1)C(=O)O. The van der Waals surface area contributed by atoms with Crippen LogP contribution in [0.5, 0.6) is 0 Å². The van der Waals surface area contributed by atoms with Gasteiger partial charge in [-0.2, -0.15) is 0 Å². The maximum Gasteiger partial charge on any atom is 0.326 e. The summed E-state index contributed by atoms with van der Waals surface area (Å²) in [4.78, 5) is 50.5. The molecule has 0 saturated carbocycles. The van der Waals surface area contributed by atoms with E-state index in [-0.39, 0.29) is 24.3 Å². The molecule has 0 bridgehead atoms. The minimum atomic E-state index is -1.47. The van der Waals surface area contributed by atoms with Gasteiger partial charge in [-0.3, -0.25) is 24.7 Å². The van der Waals surface area contributed by atoms with E-state index in [0.29, 0.717) is 5.56 Å². The number of carbonyl (C=O) groups is 3. The minimum absolute atomic E-state index is 0.104. The van der Waals surface area contributed by atoms with Gasteiger partial charge in [0.15, 0.2) is 0 Å². The Morgan fingerprint density at radius 2 is 1.79 bits per heavy atom. The van der Waals surface area contributed by atoms with Crippen molar-refractivity contribution in [1.29, 1.82) is 0 Å². The van der Waals surface area contributed by atoms with Gasteiger partial charge in [-0.15, -0.1) is 0 Å². The zero-order valence-corrected chi connectivity index (χ0v) is 15.5. The molecule has 0 aliphatic heterocycles. The molecule has 0 aliphatic carbocycles. The van der Waals surface area contributed by atoms with Gasteiger partial charge in [0.2, 0.25) is 0 Å². The molecular formula is C19H19N3O7. The zero-order chi connectivity index (χ0) is 21.4. The number of aromatic nitrogens is 1. The van der Waals surface area contributed by atoms with Gasteiger partial charge >= 0.3 is 11.9 Å². The molecule has 0 spiro atoms. The summed E-state index contributed by atoms with van der Waals surface area (Å²) in [5.74, 6) is -3.67. The van der Waals surface area contributed by atoms with Crippen LogP contribution in [0, 0.1) is 10.1 Å². The first-order valence-electron chi connectivity index (χ1n) is 8.67. The molecule has 2 aromatic rings. The van der Waals surface area contributed by atoms with Crippen molar-refractivity contribution < 1.29 is 29.2 Å². The zero-order valence-electron chi connectivity index (χ0n) is 15.5. The van der Waals surface area contributed by atoms with E-state index in [9.17, 15) is 29.6 Å². The van der Waals surface area contributed by atoms with Crippen molar-refractivity contribution in [3.05, 3.63) is 70.0 Å². The first-order valence-corrected chi connectivity index (χ1v) is 8.67. The fourth-order valence-electron chi connectivity index (χ4n) is 2.73. The third kappa shape index (κ3) is 5.83. The Hall–Kier alpha value is -3.82. The van der Waals surface area contributed by atoms with Gasteiger partial charge in [-0.25, -0.2) is 4.79 Å². The summed E-state index contributed by atoms with van der Waals surface area (Å²) in [6, 6.07) is 6.49. The number of carboxylic acids is 1. The Morgan fingerprint density at radius 1 is 1.17 bits per heavy atom. The Morgan fingerprint density at radius 3 is 2.31 bits per heavy atom. The highest BCUT2D eigenvalue weighted by Crippen LogP contribution is 2.27. The fraction of sp³-hybridized carbons (Fsp3) is 0.263. The Bertz CT molecular complexity index is 884. The van der Waals surface area contributed by atoms with Crippen LogP contribution in [0.15, 0.2) is 48.8 Å². The van der Waals surface area contributed by atoms with E-state index in [1.54, 1.807) is 6.92 Å². The standard InChI is InChI=1S/C19H19N3O7/c1-2-29-16(23)11-15(12-3-5-14(6-4-12)22(27)28)17(19(25)26)21-18(24)13-7-9-20-10-8-13/h3-10,15,17H,2,11H2,1H3,(H,21,24)(H,25,26)/t15-,17-/m1/s1. The lowest BCUT2D eigenvalue weighted by atomic mass is 9.88. The van der Waals surface area contributed by atoms with Crippen molar-refractivity contribution >= 4 is 23.5 Å². The number of nitrogens with zero attached hydrogens (tertiary/aromatic N) is 2. The molecule has 0 fully saturated rings. The Labute approximate surface area is 165 Å². The van der Waals surface area contributed by atoms with E-state index in [2.05, 4.69) is 10.3 Å². The van der Waals surface area contributed by atoms with Crippen LogP contribution < -0.4 is 5.32 Å². The number of amides is 1. The summed E-state index contributed by atoms with van der Waals surface area (Å²) in [5.41, 5.74) is 0.354. The first kappa shape index (κ1) is 21.5. The summed E-state index contributed by atoms with van der Waals surface area (Å²) in [7, 11) is 0. The number of carboxylic acid groups (broad SMARTS) is 1. The summed E-state index contributed by atoms with van der Waals surface area (Å²) < 4.78 is 4.91. The lowest BCUT2D eigenvalue weighted by molar-refractivity contribution is -0.384. The van der Waals surface area contributed by atoms with Gasteiger partial charge in [-0.1, -0.05) is 12.1 Å². The van der Waals surface area contributed by atoms with Crippen LogP contribution in [-0.4, -0.2) is 45.5 Å². The highest BCUT2D eigenvalue weighted by molar-refractivity contribution is 5.96. The first-order chi connectivity index (χ1) is 13.8. The van der Waals surface area contributed by atoms with Crippen LogP contribution >= 0.6 is 0 Å². The van der Waals surface area contributed by atoms with Crippen LogP contribution in [0.1, 0.15) is 35.2 Å². The number of pyridine rings is 1. The number of esters is 1. The molecule has 10 nitrogen and oxygen atoms in total. The second-order valence-electron chi connectivity index (χ2n) is 5.99. The van der Waals surface area contributed by atoms with E-state index in [1.807, 2.05) is 0 Å². The van der Waals surface area contributed by atoms with Crippen LogP contribution in [0.3, 0.4) is 0 Å². The Kier molecular flexibility index (Phi) is 7.35. The number of non-ortho nitro benzene ring substituents is 1. The fourth-order valence-corrected chi connectivity index (χ4v) is 2.73. The van der Waals surface area contributed by atoms with Crippen molar-refractivity contribution in [2.45, 2.75) is 25.3 Å². The molecule has 29 heavy (non-hydrogen) atoms. The molecule has 2 atom stereocenters. The molecule has 1 amide bonds. The van der Waals surface area contributed by atoms with Crippen LogP contribution in [0.25, 0.3) is 0 Å². The second kappa shape index (κ2) is 9.93. The second-order valence-corrected chi connectivity index (χ2v) is 5.99. The molecule has 1 aromatic carbocycles. The number of hydrogen-bond donors (Lipinski definition) is 2. The molecule has 0 aliphatic rings. The molecule has 0 unspecified atom stereocenters. The summed E-state index contributed by atoms with van der Waals surface area (Å²) in [6.07, 6.45) is 2.44. The lowest BCUT2D eigenvalue weighted by Crippen LogP contribution is -2.45. The van der Waals surface area contributed by atoms with Crippen LogP contribution in [0.4, 0.5) is 5.69 Å². The quantitative estimate of drug-likeness (QED) is 0.368. The van der Waals surface area contributed by atoms with Gasteiger partial charge in [0.1, 0.15) is 6.04 Å². The largest absolute Gasteiger partial charge is 0.480 e. The van der Waals surface area contributed by atoms with E-state index in [1.165, 1.54) is 48.8 Å². The van der Waals surface area contributed by atoms with E-state index in [0.717, 1.165) is 0 Å². The Balaban J connectivity index is 2.36. The average molecular weight is 401 g/mol. The molecule has 0 radical (unpaired) electrons.